The molecule has 1 aliphatic heterocycles. The van der Waals surface area contributed by atoms with Crippen molar-refractivity contribution in [1.29, 1.82) is 0 Å². The number of amides is 2. The van der Waals surface area contributed by atoms with Crippen LogP contribution in [0.15, 0.2) is 29.3 Å². The number of nitrogens with two attached hydrogens (primary N) is 2. The second kappa shape index (κ2) is 11.0. The first-order valence-electron chi connectivity index (χ1n) is 11.1. The average molecular weight is 470 g/mol. The van der Waals surface area contributed by atoms with Crippen molar-refractivity contribution in [3.8, 4) is 0 Å². The van der Waals surface area contributed by atoms with E-state index >= 15 is 0 Å². The van der Waals surface area contributed by atoms with E-state index in [1.54, 1.807) is 11.8 Å². The Morgan fingerprint density at radius 3 is 2.45 bits per heavy atom. The van der Waals surface area contributed by atoms with Gasteiger partial charge in [-0.25, -0.2) is 4.79 Å². The number of carbonyl (C=O) groups excluding carboxylic acids is 2. The van der Waals surface area contributed by atoms with E-state index in [9.17, 15) is 22.8 Å². The highest BCUT2D eigenvalue weighted by Crippen LogP contribution is 2.31. The number of urea groups is 1. The number of ketones is 1. The third-order valence-corrected chi connectivity index (χ3v) is 5.96. The Balaban J connectivity index is 1.90. The first-order chi connectivity index (χ1) is 15.4. The lowest BCUT2D eigenvalue weighted by Gasteiger charge is -2.34. The van der Waals surface area contributed by atoms with Crippen LogP contribution in [0, 0.1) is 11.8 Å². The van der Waals surface area contributed by atoms with Crippen LogP contribution in [0.2, 0.25) is 0 Å². The Bertz CT molecular complexity index is 851. The van der Waals surface area contributed by atoms with E-state index in [4.69, 9.17) is 11.5 Å². The highest BCUT2D eigenvalue weighted by Gasteiger charge is 2.37. The molecular formula is C23H34F3N5O2. The third kappa shape index (κ3) is 7.45. The molecule has 7 nitrogen and oxygen atoms in total. The Morgan fingerprint density at radius 2 is 1.91 bits per heavy atom. The average Bonchev–Trinajstić information content (AvgIpc) is 2.72. The van der Waals surface area contributed by atoms with Crippen LogP contribution in [0.5, 0.6) is 0 Å². The van der Waals surface area contributed by atoms with Crippen molar-refractivity contribution in [3.63, 3.8) is 0 Å². The molecule has 1 fully saturated rings. The van der Waals surface area contributed by atoms with Crippen LogP contribution in [0.4, 0.5) is 23.7 Å². The molecule has 184 valence electrons. The zero-order valence-corrected chi connectivity index (χ0v) is 19.4. The highest BCUT2D eigenvalue weighted by molar-refractivity contribution is 5.93. The zero-order chi connectivity index (χ0) is 24.8. The lowest BCUT2D eigenvalue weighted by atomic mass is 9.80. The summed E-state index contributed by atoms with van der Waals surface area (Å²) >= 11 is 0. The van der Waals surface area contributed by atoms with Gasteiger partial charge >= 0.3 is 12.2 Å². The van der Waals surface area contributed by atoms with Gasteiger partial charge in [-0.1, -0.05) is 19.9 Å². The molecule has 0 spiro atoms. The number of aliphatic imine (C=N–C) groups is 1. The number of benzene rings is 1. The molecule has 1 aliphatic rings. The SMILES string of the molecule is CC(C)CC(C)(N=CN)C(=O)[C@H](N)CC1CCN(C(=O)Nc2cccc(C(F)(F)F)c2)CC1. The second-order valence-corrected chi connectivity index (χ2v) is 9.30. The Labute approximate surface area is 192 Å². The number of anilines is 1. The number of rotatable bonds is 8. The fourth-order valence-corrected chi connectivity index (χ4v) is 4.39. The van der Waals surface area contributed by atoms with Gasteiger partial charge in [0.1, 0.15) is 5.54 Å². The molecular weight excluding hydrogens is 435 g/mol. The molecule has 2 amide bonds. The van der Waals surface area contributed by atoms with E-state index < -0.39 is 29.4 Å². The summed E-state index contributed by atoms with van der Waals surface area (Å²) in [6.07, 6.45) is -1.00. The molecule has 1 heterocycles. The fraction of sp³-hybridized carbons (Fsp3) is 0.609. The predicted molar refractivity (Wildman–Crippen MR) is 123 cm³/mol. The van der Waals surface area contributed by atoms with Crippen LogP contribution in [0.25, 0.3) is 0 Å². The number of nitrogens with zero attached hydrogens (tertiary/aromatic N) is 2. The summed E-state index contributed by atoms with van der Waals surface area (Å²) in [6, 6.07) is 3.40. The lowest BCUT2D eigenvalue weighted by Crippen LogP contribution is -2.48. The number of nitrogens with one attached hydrogen (secondary N) is 1. The topological polar surface area (TPSA) is 114 Å². The molecule has 10 heteroatoms. The lowest BCUT2D eigenvalue weighted by molar-refractivity contribution is -0.137. The number of halogens is 3. The molecule has 1 saturated heterocycles. The van der Waals surface area contributed by atoms with Crippen LogP contribution < -0.4 is 16.8 Å². The van der Waals surface area contributed by atoms with Gasteiger partial charge < -0.3 is 21.7 Å². The quantitative estimate of drug-likeness (QED) is 0.394. The minimum absolute atomic E-state index is 0.0921. The Kier molecular flexibility index (Phi) is 8.88. The molecule has 0 aromatic heterocycles. The standard InChI is InChI=1S/C23H34F3N5O2/c1-15(2)13-22(3,29-14-27)20(32)19(28)11-16-7-9-31(10-8-16)21(33)30-18-6-4-5-17(12-18)23(24,25)26/h4-6,12,14-16,19H,7-11,13,28H2,1-3H3,(H2,27,29)(H,30,33)/t19-,22?/m1/s1. The molecule has 1 aromatic rings. The van der Waals surface area contributed by atoms with E-state index in [0.29, 0.717) is 38.8 Å². The summed E-state index contributed by atoms with van der Waals surface area (Å²) in [4.78, 5) is 31.2. The van der Waals surface area contributed by atoms with Crippen molar-refractivity contribution in [1.82, 2.24) is 4.90 Å². The summed E-state index contributed by atoms with van der Waals surface area (Å²) < 4.78 is 38.6. The molecule has 0 aliphatic carbocycles. The van der Waals surface area contributed by atoms with Crippen LogP contribution in [-0.4, -0.2) is 47.7 Å². The summed E-state index contributed by atoms with van der Waals surface area (Å²) in [5.41, 5.74) is 10.0. The smallest absolute Gasteiger partial charge is 0.390 e. The fourth-order valence-electron chi connectivity index (χ4n) is 4.39. The number of hydrogen-bond acceptors (Lipinski definition) is 4. The number of piperidine rings is 1. The number of hydrogen-bond donors (Lipinski definition) is 3. The van der Waals surface area contributed by atoms with Crippen molar-refractivity contribution in [2.24, 2.45) is 28.3 Å². The minimum atomic E-state index is -4.48. The second-order valence-electron chi connectivity index (χ2n) is 9.30. The van der Waals surface area contributed by atoms with Crippen LogP contribution in [0.3, 0.4) is 0 Å². The van der Waals surface area contributed by atoms with Crippen LogP contribution in [-0.2, 0) is 11.0 Å². The number of alkyl halides is 3. The number of Topliss-reactive ketones (excluding diaryl/α,β-unsaturated/α-hetero) is 1. The van der Waals surface area contributed by atoms with Gasteiger partial charge in [0.2, 0.25) is 0 Å². The maximum Gasteiger partial charge on any atom is 0.416 e. The zero-order valence-electron chi connectivity index (χ0n) is 19.4. The van der Waals surface area contributed by atoms with Crippen molar-refractivity contribution >= 4 is 23.8 Å². The number of carbonyl (C=O) groups is 2. The molecule has 2 atom stereocenters. The Hall–Kier alpha value is -2.62. The van der Waals surface area contributed by atoms with Crippen molar-refractivity contribution in [3.05, 3.63) is 29.8 Å². The predicted octanol–water partition coefficient (Wildman–Crippen LogP) is 4.03. The first-order valence-corrected chi connectivity index (χ1v) is 11.1. The summed E-state index contributed by atoms with van der Waals surface area (Å²) in [5.74, 6) is 0.253. The molecule has 0 saturated carbocycles. The van der Waals surface area contributed by atoms with Crippen molar-refractivity contribution in [2.75, 3.05) is 18.4 Å². The monoisotopic (exact) mass is 469 g/mol. The Morgan fingerprint density at radius 1 is 1.27 bits per heavy atom. The molecule has 1 unspecified atom stereocenters. The summed E-state index contributed by atoms with van der Waals surface area (Å²) in [5, 5.41) is 2.53. The van der Waals surface area contributed by atoms with Gasteiger partial charge in [-0.05, 0) is 62.6 Å². The molecule has 0 bridgehead atoms. The van der Waals surface area contributed by atoms with Crippen LogP contribution >= 0.6 is 0 Å². The maximum absolute atomic E-state index is 13.0. The van der Waals surface area contributed by atoms with Gasteiger partial charge in [-0.15, -0.1) is 0 Å². The van der Waals surface area contributed by atoms with Gasteiger partial charge in [0, 0.05) is 18.8 Å². The largest absolute Gasteiger partial charge is 0.416 e. The highest BCUT2D eigenvalue weighted by atomic mass is 19.4. The molecule has 1 aromatic carbocycles. The van der Waals surface area contributed by atoms with E-state index in [1.807, 2.05) is 13.8 Å². The third-order valence-electron chi connectivity index (χ3n) is 5.96. The molecule has 5 N–H and O–H groups in total. The van der Waals surface area contributed by atoms with Gasteiger partial charge in [0.15, 0.2) is 5.78 Å². The summed E-state index contributed by atoms with van der Waals surface area (Å²) in [7, 11) is 0. The van der Waals surface area contributed by atoms with Gasteiger partial charge in [-0.2, -0.15) is 13.2 Å². The van der Waals surface area contributed by atoms with E-state index in [0.717, 1.165) is 18.5 Å². The van der Waals surface area contributed by atoms with Gasteiger partial charge in [0.25, 0.3) is 0 Å². The molecule has 33 heavy (non-hydrogen) atoms. The van der Waals surface area contributed by atoms with Crippen molar-refractivity contribution in [2.45, 2.75) is 64.2 Å². The van der Waals surface area contributed by atoms with Gasteiger partial charge in [-0.3, -0.25) is 9.79 Å². The van der Waals surface area contributed by atoms with Crippen LogP contribution in [0.1, 0.15) is 52.0 Å². The first kappa shape index (κ1) is 26.6. The van der Waals surface area contributed by atoms with Crippen molar-refractivity contribution < 1.29 is 22.8 Å². The van der Waals surface area contributed by atoms with E-state index in [-0.39, 0.29) is 23.3 Å². The minimum Gasteiger partial charge on any atom is -0.390 e. The maximum atomic E-state index is 13.0. The van der Waals surface area contributed by atoms with Gasteiger partial charge in [0.05, 0.1) is 17.9 Å². The molecule has 0 radical (unpaired) electrons. The number of likely N-dealkylation sites (tertiary alicyclic amines) is 1. The normalized spacial score (nSPS) is 18.4. The molecule has 2 rings (SSSR count). The summed E-state index contributed by atoms with van der Waals surface area (Å²) in [6.45, 7) is 6.62. The van der Waals surface area contributed by atoms with E-state index in [2.05, 4.69) is 10.3 Å². The van der Waals surface area contributed by atoms with E-state index in [1.165, 1.54) is 12.1 Å².